The van der Waals surface area contributed by atoms with Gasteiger partial charge in [0.2, 0.25) is 0 Å². The Labute approximate surface area is 118 Å². The zero-order chi connectivity index (χ0) is 12.5. The van der Waals surface area contributed by atoms with E-state index in [9.17, 15) is 5.11 Å². The molecule has 1 heterocycles. The molecule has 1 nitrogen and oxygen atoms in total. The van der Waals surface area contributed by atoms with Gasteiger partial charge in [0.05, 0.1) is 5.60 Å². The van der Waals surface area contributed by atoms with E-state index in [-0.39, 0.29) is 0 Å². The smallest absolute Gasteiger partial charge is 0.0917 e. The van der Waals surface area contributed by atoms with Gasteiger partial charge in [0.1, 0.15) is 0 Å². The van der Waals surface area contributed by atoms with Crippen LogP contribution in [0.15, 0.2) is 40.2 Å². The zero-order valence-corrected chi connectivity index (χ0v) is 12.4. The Morgan fingerprint density at radius 3 is 2.47 bits per heavy atom. The SMILES string of the molecule is CC(O)(Cc1sccc1Br)c1ccc(Cl)cc1. The van der Waals surface area contributed by atoms with E-state index in [1.54, 1.807) is 23.5 Å². The Morgan fingerprint density at radius 1 is 1.29 bits per heavy atom. The first-order valence-electron chi connectivity index (χ1n) is 5.19. The predicted octanol–water partition coefficient (Wildman–Crippen LogP) is 4.61. The van der Waals surface area contributed by atoms with Crippen LogP contribution in [0.1, 0.15) is 17.4 Å². The van der Waals surface area contributed by atoms with Gasteiger partial charge in [0.25, 0.3) is 0 Å². The summed E-state index contributed by atoms with van der Waals surface area (Å²) in [6.45, 7) is 1.82. The third-order valence-electron chi connectivity index (χ3n) is 2.66. The van der Waals surface area contributed by atoms with E-state index in [4.69, 9.17) is 11.6 Å². The molecule has 0 saturated heterocycles. The molecule has 0 aliphatic rings. The molecular weight excluding hydrogens is 320 g/mol. The summed E-state index contributed by atoms with van der Waals surface area (Å²) < 4.78 is 1.05. The Kier molecular flexibility index (Phi) is 3.93. The van der Waals surface area contributed by atoms with Crippen LogP contribution in [0.3, 0.4) is 0 Å². The van der Waals surface area contributed by atoms with Crippen molar-refractivity contribution in [1.82, 2.24) is 0 Å². The molecule has 1 N–H and O–H groups in total. The molecule has 0 radical (unpaired) electrons. The second-order valence-corrected chi connectivity index (χ2v) is 6.44. The Morgan fingerprint density at radius 2 is 1.94 bits per heavy atom. The minimum atomic E-state index is -0.877. The summed E-state index contributed by atoms with van der Waals surface area (Å²) in [4.78, 5) is 1.14. The molecule has 2 rings (SSSR count). The molecule has 0 saturated carbocycles. The van der Waals surface area contributed by atoms with Gasteiger partial charge >= 0.3 is 0 Å². The number of hydrogen-bond donors (Lipinski definition) is 1. The summed E-state index contributed by atoms with van der Waals surface area (Å²) in [5, 5.41) is 13.2. The maximum Gasteiger partial charge on any atom is 0.0917 e. The Bertz CT molecular complexity index is 504. The van der Waals surface area contributed by atoms with Crippen molar-refractivity contribution in [2.75, 3.05) is 0 Å². The van der Waals surface area contributed by atoms with Crippen molar-refractivity contribution in [2.24, 2.45) is 0 Å². The van der Waals surface area contributed by atoms with Crippen molar-refractivity contribution in [2.45, 2.75) is 18.9 Å². The number of thiophene rings is 1. The lowest BCUT2D eigenvalue weighted by Crippen LogP contribution is -2.23. The normalized spacial score (nSPS) is 14.6. The van der Waals surface area contributed by atoms with E-state index in [2.05, 4.69) is 15.9 Å². The molecule has 2 aromatic rings. The van der Waals surface area contributed by atoms with E-state index in [1.165, 1.54) is 0 Å². The van der Waals surface area contributed by atoms with Crippen molar-refractivity contribution in [3.05, 3.63) is 55.6 Å². The fourth-order valence-corrected chi connectivity index (χ4v) is 3.44. The number of hydrogen-bond acceptors (Lipinski definition) is 2. The lowest BCUT2D eigenvalue weighted by atomic mass is 9.92. The molecule has 1 aromatic carbocycles. The minimum Gasteiger partial charge on any atom is -0.385 e. The second kappa shape index (κ2) is 5.11. The molecule has 0 bridgehead atoms. The van der Waals surface area contributed by atoms with Crippen molar-refractivity contribution < 1.29 is 5.11 Å². The van der Waals surface area contributed by atoms with Gasteiger partial charge in [-0.25, -0.2) is 0 Å². The van der Waals surface area contributed by atoms with Crippen LogP contribution >= 0.6 is 38.9 Å². The third kappa shape index (κ3) is 3.10. The van der Waals surface area contributed by atoms with Crippen LogP contribution in [0.25, 0.3) is 0 Å². The number of rotatable bonds is 3. The highest BCUT2D eigenvalue weighted by Gasteiger charge is 2.25. The van der Waals surface area contributed by atoms with Crippen LogP contribution in [0, 0.1) is 0 Å². The second-order valence-electron chi connectivity index (χ2n) is 4.15. The van der Waals surface area contributed by atoms with Gasteiger partial charge in [-0.3, -0.25) is 0 Å². The first-order valence-corrected chi connectivity index (χ1v) is 7.24. The average molecular weight is 332 g/mol. The van der Waals surface area contributed by atoms with Gasteiger partial charge in [-0.15, -0.1) is 11.3 Å². The van der Waals surface area contributed by atoms with Gasteiger partial charge in [-0.05, 0) is 52.0 Å². The number of aliphatic hydroxyl groups is 1. The van der Waals surface area contributed by atoms with Gasteiger partial charge < -0.3 is 5.11 Å². The molecule has 90 valence electrons. The summed E-state index contributed by atoms with van der Waals surface area (Å²) >= 11 is 11.0. The van der Waals surface area contributed by atoms with E-state index in [0.717, 1.165) is 14.9 Å². The molecule has 0 aliphatic carbocycles. The lowest BCUT2D eigenvalue weighted by molar-refractivity contribution is 0.0583. The fourth-order valence-electron chi connectivity index (χ4n) is 1.67. The third-order valence-corrected chi connectivity index (χ3v) is 4.84. The maximum absolute atomic E-state index is 10.5. The quantitative estimate of drug-likeness (QED) is 0.870. The molecular formula is C13H12BrClOS. The molecule has 4 heteroatoms. The molecule has 0 fully saturated rings. The minimum absolute atomic E-state index is 0.590. The lowest BCUT2D eigenvalue weighted by Gasteiger charge is -2.23. The molecule has 1 atom stereocenters. The molecule has 17 heavy (non-hydrogen) atoms. The molecule has 0 spiro atoms. The Balaban J connectivity index is 2.24. The van der Waals surface area contributed by atoms with Crippen molar-refractivity contribution >= 4 is 38.9 Å². The molecule has 0 amide bonds. The van der Waals surface area contributed by atoms with Crippen LogP contribution < -0.4 is 0 Å². The average Bonchev–Trinajstić information content (AvgIpc) is 2.64. The maximum atomic E-state index is 10.5. The van der Waals surface area contributed by atoms with Crippen LogP contribution in [0.5, 0.6) is 0 Å². The van der Waals surface area contributed by atoms with Crippen LogP contribution in [0.2, 0.25) is 5.02 Å². The van der Waals surface area contributed by atoms with Gasteiger partial charge in [0.15, 0.2) is 0 Å². The summed E-state index contributed by atoms with van der Waals surface area (Å²) in [6, 6.07) is 9.33. The van der Waals surface area contributed by atoms with Crippen LogP contribution in [-0.4, -0.2) is 5.11 Å². The zero-order valence-electron chi connectivity index (χ0n) is 9.28. The summed E-state index contributed by atoms with van der Waals surface area (Å²) in [6.07, 6.45) is 0.590. The molecule has 1 aromatic heterocycles. The highest BCUT2D eigenvalue weighted by molar-refractivity contribution is 9.10. The predicted molar refractivity (Wildman–Crippen MR) is 76.7 cm³/mol. The van der Waals surface area contributed by atoms with Crippen LogP contribution in [0.4, 0.5) is 0 Å². The number of benzene rings is 1. The first kappa shape index (κ1) is 13.1. The highest BCUT2D eigenvalue weighted by atomic mass is 79.9. The first-order chi connectivity index (χ1) is 7.99. The standard InChI is InChI=1S/C13H12BrClOS/c1-13(16,8-12-11(14)6-7-17-12)9-2-4-10(15)5-3-9/h2-7,16H,8H2,1H3. The van der Waals surface area contributed by atoms with Crippen LogP contribution in [-0.2, 0) is 12.0 Å². The topological polar surface area (TPSA) is 20.2 Å². The van der Waals surface area contributed by atoms with Crippen molar-refractivity contribution in [1.29, 1.82) is 0 Å². The van der Waals surface area contributed by atoms with E-state index >= 15 is 0 Å². The van der Waals surface area contributed by atoms with Crippen molar-refractivity contribution in [3.63, 3.8) is 0 Å². The van der Waals surface area contributed by atoms with E-state index in [0.29, 0.717) is 11.4 Å². The molecule has 1 unspecified atom stereocenters. The van der Waals surface area contributed by atoms with Gasteiger partial charge in [-0.1, -0.05) is 23.7 Å². The monoisotopic (exact) mass is 330 g/mol. The summed E-state index contributed by atoms with van der Waals surface area (Å²) in [7, 11) is 0. The highest BCUT2D eigenvalue weighted by Crippen LogP contribution is 2.32. The largest absolute Gasteiger partial charge is 0.385 e. The van der Waals surface area contributed by atoms with Gasteiger partial charge in [-0.2, -0.15) is 0 Å². The van der Waals surface area contributed by atoms with E-state index in [1.807, 2.05) is 30.5 Å². The van der Waals surface area contributed by atoms with E-state index < -0.39 is 5.60 Å². The van der Waals surface area contributed by atoms with Crippen molar-refractivity contribution in [3.8, 4) is 0 Å². The molecule has 0 aliphatic heterocycles. The summed E-state index contributed by atoms with van der Waals surface area (Å²) in [5.41, 5.74) is 0.0000154. The summed E-state index contributed by atoms with van der Waals surface area (Å²) in [5.74, 6) is 0. The van der Waals surface area contributed by atoms with Gasteiger partial charge in [0, 0.05) is 20.8 Å². The Hall–Kier alpha value is -0.350. The number of halogens is 2. The fraction of sp³-hybridized carbons (Fsp3) is 0.231.